The van der Waals surface area contributed by atoms with Crippen molar-refractivity contribution in [1.82, 2.24) is 4.98 Å². The van der Waals surface area contributed by atoms with E-state index in [1.165, 1.54) is 14.3 Å². The van der Waals surface area contributed by atoms with Gasteiger partial charge in [0.2, 0.25) is 5.78 Å². The van der Waals surface area contributed by atoms with Crippen LogP contribution in [-0.2, 0) is 0 Å². The van der Waals surface area contributed by atoms with Crippen LogP contribution < -0.4 is 15.1 Å². The topological polar surface area (TPSA) is 62.2 Å². The predicted octanol–water partition coefficient (Wildman–Crippen LogP) is 5.44. The normalized spacial score (nSPS) is 15.9. The summed E-state index contributed by atoms with van der Waals surface area (Å²) in [6.07, 6.45) is 11.0. The lowest BCUT2D eigenvalue weighted by molar-refractivity contribution is 0.104. The van der Waals surface area contributed by atoms with E-state index in [9.17, 15) is 9.90 Å². The Balaban J connectivity index is 1.38. The number of pyridine rings is 1. The second-order valence-corrected chi connectivity index (χ2v) is 11.2. The van der Waals surface area contributed by atoms with Crippen LogP contribution in [0.1, 0.15) is 16.1 Å². The molecule has 182 valence electrons. The lowest BCUT2D eigenvalue weighted by Crippen LogP contribution is -2.12. The molecule has 0 radical (unpaired) electrons. The molecule has 1 aliphatic carbocycles. The van der Waals surface area contributed by atoms with Crippen molar-refractivity contribution in [2.24, 2.45) is 0 Å². The molecule has 38 heavy (non-hydrogen) atoms. The maximum Gasteiger partial charge on any atom is 0.204 e. The number of aromatic hydroxyl groups is 1. The van der Waals surface area contributed by atoms with E-state index in [4.69, 9.17) is 0 Å². The van der Waals surface area contributed by atoms with Gasteiger partial charge in [0.1, 0.15) is 11.4 Å². The third-order valence-corrected chi connectivity index (χ3v) is 9.08. The molecule has 4 heterocycles. The molecular formula is C32H20N2O2S2. The van der Waals surface area contributed by atoms with E-state index < -0.39 is 0 Å². The maximum absolute atomic E-state index is 12.2. The standard InChI is InChI=1S/C32H20N2O2S2/c35-25-11-9-21(23-3-1-17-33-31(23)25)29-15-13-27(37-29)19-5-7-20(8-6-19)28-14-16-30(38-28)22-10-12-26(36)32-24(22)4-2-18-34-32/h1-18,33,35H/b27-19?,28-20?,29-21+,30-22+. The molecule has 1 aliphatic heterocycles. The van der Waals surface area contributed by atoms with Gasteiger partial charge in [0, 0.05) is 52.1 Å². The summed E-state index contributed by atoms with van der Waals surface area (Å²) in [7, 11) is 0. The number of carbonyl (C=O) groups excluding carboxylic acids is 1. The molecule has 3 aromatic heterocycles. The minimum atomic E-state index is -0.0506. The lowest BCUT2D eigenvalue weighted by Gasteiger charge is -2.10. The molecule has 7 rings (SSSR count). The fourth-order valence-corrected chi connectivity index (χ4v) is 6.96. The van der Waals surface area contributed by atoms with Crippen molar-refractivity contribution in [2.75, 3.05) is 5.32 Å². The Kier molecular flexibility index (Phi) is 5.43. The zero-order chi connectivity index (χ0) is 25.6. The first kappa shape index (κ1) is 22.7. The minimum Gasteiger partial charge on any atom is -0.506 e. The van der Waals surface area contributed by atoms with Crippen molar-refractivity contribution < 1.29 is 9.90 Å². The summed E-state index contributed by atoms with van der Waals surface area (Å²) in [5.41, 5.74) is 3.17. The van der Waals surface area contributed by atoms with Crippen LogP contribution in [0.2, 0.25) is 0 Å². The van der Waals surface area contributed by atoms with Gasteiger partial charge in [-0.25, -0.2) is 0 Å². The summed E-state index contributed by atoms with van der Waals surface area (Å²) in [6, 6.07) is 24.8. The number of rotatable bonds is 0. The summed E-state index contributed by atoms with van der Waals surface area (Å²) in [5.74, 6) is 0.200. The van der Waals surface area contributed by atoms with E-state index in [2.05, 4.69) is 58.8 Å². The van der Waals surface area contributed by atoms with Gasteiger partial charge in [0.15, 0.2) is 0 Å². The van der Waals surface area contributed by atoms with Crippen molar-refractivity contribution in [1.29, 1.82) is 0 Å². The highest BCUT2D eigenvalue weighted by molar-refractivity contribution is 7.08. The van der Waals surface area contributed by atoms with E-state index in [0.29, 0.717) is 5.69 Å². The highest BCUT2D eigenvalue weighted by Gasteiger charge is 2.17. The summed E-state index contributed by atoms with van der Waals surface area (Å²) < 4.78 is 4.63. The number of phenolic OH excluding ortho intramolecular Hbond substituents is 1. The molecule has 0 unspecified atom stereocenters. The average Bonchev–Trinajstić information content (AvgIpc) is 3.65. The summed E-state index contributed by atoms with van der Waals surface area (Å²) in [6.45, 7) is 0. The monoisotopic (exact) mass is 528 g/mol. The van der Waals surface area contributed by atoms with Gasteiger partial charge in [-0.2, -0.15) is 0 Å². The van der Waals surface area contributed by atoms with Crippen LogP contribution >= 0.6 is 22.7 Å². The fraction of sp³-hybridized carbons (Fsp3) is 0. The highest BCUT2D eigenvalue weighted by Crippen LogP contribution is 2.23. The third kappa shape index (κ3) is 3.82. The quantitative estimate of drug-likeness (QED) is 0.263. The van der Waals surface area contributed by atoms with Gasteiger partial charge in [-0.05, 0) is 71.1 Å². The number of hydrogen-bond acceptors (Lipinski definition) is 6. The van der Waals surface area contributed by atoms with Crippen LogP contribution in [0.3, 0.4) is 0 Å². The minimum absolute atomic E-state index is 0.0506. The molecule has 2 N–H and O–H groups in total. The molecule has 0 atom stereocenters. The van der Waals surface area contributed by atoms with Gasteiger partial charge < -0.3 is 10.4 Å². The second kappa shape index (κ2) is 9.10. The first-order chi connectivity index (χ1) is 18.7. The van der Waals surface area contributed by atoms with Crippen LogP contribution in [0.25, 0.3) is 11.6 Å². The molecule has 4 nitrogen and oxygen atoms in total. The molecule has 2 aliphatic rings. The van der Waals surface area contributed by atoms with Gasteiger partial charge >= 0.3 is 0 Å². The van der Waals surface area contributed by atoms with Gasteiger partial charge in [0.25, 0.3) is 0 Å². The number of thiophene rings is 2. The Labute approximate surface area is 224 Å². The first-order valence-corrected chi connectivity index (χ1v) is 13.8. The molecule has 0 amide bonds. The Bertz CT molecular complexity index is 2240. The third-order valence-electron chi connectivity index (χ3n) is 6.74. The summed E-state index contributed by atoms with van der Waals surface area (Å²) in [4.78, 5) is 16.5. The van der Waals surface area contributed by atoms with Crippen molar-refractivity contribution in [2.45, 2.75) is 0 Å². The molecule has 2 aromatic carbocycles. The molecule has 0 saturated heterocycles. The van der Waals surface area contributed by atoms with E-state index in [0.717, 1.165) is 41.5 Å². The van der Waals surface area contributed by atoms with Crippen molar-refractivity contribution in [3.8, 4) is 5.75 Å². The Morgan fingerprint density at radius 3 is 2.26 bits per heavy atom. The molecular weight excluding hydrogens is 508 g/mol. The number of benzene rings is 2. The molecule has 0 fully saturated rings. The number of fused-ring (bicyclic) bond motifs is 2. The highest BCUT2D eigenvalue weighted by atomic mass is 32.1. The number of hydrogen-bond donors (Lipinski definition) is 2. The van der Waals surface area contributed by atoms with Crippen LogP contribution in [0, 0.1) is 29.3 Å². The van der Waals surface area contributed by atoms with Crippen LogP contribution in [0.4, 0.5) is 5.69 Å². The number of ketones is 1. The Hall–Kier alpha value is -4.52. The van der Waals surface area contributed by atoms with E-state index >= 15 is 0 Å². The zero-order valence-corrected chi connectivity index (χ0v) is 21.6. The van der Waals surface area contributed by atoms with Gasteiger partial charge in [-0.3, -0.25) is 9.78 Å². The van der Waals surface area contributed by atoms with Gasteiger partial charge in [0.05, 0.1) is 5.69 Å². The zero-order valence-electron chi connectivity index (χ0n) is 20.0. The van der Waals surface area contributed by atoms with Crippen molar-refractivity contribution >= 4 is 45.8 Å². The fourth-order valence-electron chi connectivity index (χ4n) is 4.86. The second-order valence-electron chi connectivity index (χ2n) is 9.01. The molecule has 0 bridgehead atoms. The molecule has 0 saturated carbocycles. The van der Waals surface area contributed by atoms with E-state index in [-0.39, 0.29) is 11.5 Å². The Morgan fingerprint density at radius 2 is 1.47 bits per heavy atom. The average molecular weight is 529 g/mol. The predicted molar refractivity (Wildman–Crippen MR) is 153 cm³/mol. The molecule has 0 spiro atoms. The molecule has 5 aromatic rings. The number of nitrogens with zero attached hydrogens (tertiary/aromatic N) is 1. The summed E-state index contributed by atoms with van der Waals surface area (Å²) in [5, 5.41) is 17.8. The largest absolute Gasteiger partial charge is 0.506 e. The molecule has 6 heteroatoms. The van der Waals surface area contributed by atoms with E-state index in [1.807, 2.05) is 42.6 Å². The lowest BCUT2D eigenvalue weighted by atomic mass is 9.96. The number of nitrogens with one attached hydrogen (secondary N) is 1. The number of phenols is 1. The van der Waals surface area contributed by atoms with E-state index in [1.54, 1.807) is 41.0 Å². The van der Waals surface area contributed by atoms with Crippen molar-refractivity contribution in [3.05, 3.63) is 154 Å². The number of anilines is 1. The Morgan fingerprint density at radius 1 is 0.763 bits per heavy atom. The number of allylic oxidation sites excluding steroid dienone is 3. The summed E-state index contributed by atoms with van der Waals surface area (Å²) >= 11 is 3.46. The van der Waals surface area contributed by atoms with Crippen molar-refractivity contribution in [3.63, 3.8) is 0 Å². The van der Waals surface area contributed by atoms with Gasteiger partial charge in [-0.15, -0.1) is 22.7 Å². The van der Waals surface area contributed by atoms with Gasteiger partial charge in [-0.1, -0.05) is 36.4 Å². The van der Waals surface area contributed by atoms with Crippen LogP contribution in [0.15, 0.2) is 103 Å². The smallest absolute Gasteiger partial charge is 0.204 e. The van der Waals surface area contributed by atoms with Crippen LogP contribution in [0.5, 0.6) is 5.75 Å². The number of carbonyl (C=O) groups is 1. The first-order valence-electron chi connectivity index (χ1n) is 12.1. The maximum atomic E-state index is 12.2. The number of aromatic nitrogens is 1. The van der Waals surface area contributed by atoms with Crippen LogP contribution in [-0.4, -0.2) is 15.9 Å². The SMILES string of the molecule is O=C1C=C/C(=c2/ccc(=c3ccc(=c4cc/c(=c5/ccc(O)c6c5=CC=CN6)s4)cc3)s2)c2cccnc21.